The van der Waals surface area contributed by atoms with Crippen LogP contribution in [-0.2, 0) is 11.2 Å². The highest BCUT2D eigenvalue weighted by molar-refractivity contribution is 5.99. The number of hydrogen-bond acceptors (Lipinski definition) is 5. The van der Waals surface area contributed by atoms with Crippen molar-refractivity contribution in [2.24, 2.45) is 0 Å². The lowest BCUT2D eigenvalue weighted by atomic mass is 10.0. The highest BCUT2D eigenvalue weighted by Crippen LogP contribution is 2.21. The predicted molar refractivity (Wildman–Crippen MR) is 121 cm³/mol. The maximum atomic E-state index is 13.0. The molecule has 3 heterocycles. The van der Waals surface area contributed by atoms with Gasteiger partial charge in [0.2, 0.25) is 0 Å². The van der Waals surface area contributed by atoms with Gasteiger partial charge in [0, 0.05) is 36.9 Å². The standard InChI is InChI=1S/C24H29N5O3/c1-4-32-24(31)28-12-10-19(11-13-28)27-23(30)21-15-25-29-17(3)20(16(2)26-22(21)29)14-18-8-6-5-7-9-18/h5-9,15,19H,4,10-14H2,1-3H3,(H,27,30). The third-order valence-corrected chi connectivity index (χ3v) is 6.03. The number of amides is 2. The van der Waals surface area contributed by atoms with Gasteiger partial charge in [-0.15, -0.1) is 0 Å². The molecule has 0 spiro atoms. The molecule has 1 aliphatic rings. The van der Waals surface area contributed by atoms with E-state index in [0.29, 0.717) is 43.7 Å². The summed E-state index contributed by atoms with van der Waals surface area (Å²) in [5.74, 6) is -0.184. The van der Waals surface area contributed by atoms with Crippen LogP contribution in [0.3, 0.4) is 0 Å². The Kier molecular flexibility index (Phi) is 6.39. The van der Waals surface area contributed by atoms with Crippen LogP contribution in [0.5, 0.6) is 0 Å². The van der Waals surface area contributed by atoms with Gasteiger partial charge in [-0.25, -0.2) is 14.3 Å². The van der Waals surface area contributed by atoms with Gasteiger partial charge in [0.25, 0.3) is 5.91 Å². The fourth-order valence-electron chi connectivity index (χ4n) is 4.21. The van der Waals surface area contributed by atoms with Crippen LogP contribution < -0.4 is 5.32 Å². The van der Waals surface area contributed by atoms with Gasteiger partial charge in [-0.2, -0.15) is 5.10 Å². The first-order chi connectivity index (χ1) is 15.5. The maximum absolute atomic E-state index is 13.0. The van der Waals surface area contributed by atoms with Crippen molar-refractivity contribution in [1.29, 1.82) is 0 Å². The van der Waals surface area contributed by atoms with Crippen LogP contribution >= 0.6 is 0 Å². The highest BCUT2D eigenvalue weighted by atomic mass is 16.6. The fourth-order valence-corrected chi connectivity index (χ4v) is 4.21. The Balaban J connectivity index is 1.48. The van der Waals surface area contributed by atoms with E-state index < -0.39 is 0 Å². The molecule has 2 aromatic heterocycles. The zero-order chi connectivity index (χ0) is 22.7. The summed E-state index contributed by atoms with van der Waals surface area (Å²) in [6, 6.07) is 10.3. The van der Waals surface area contributed by atoms with Crippen LogP contribution in [0.15, 0.2) is 36.5 Å². The number of aryl methyl sites for hydroxylation is 2. The van der Waals surface area contributed by atoms with E-state index in [0.717, 1.165) is 23.4 Å². The van der Waals surface area contributed by atoms with Gasteiger partial charge in [-0.1, -0.05) is 30.3 Å². The number of carbonyl (C=O) groups excluding carboxylic acids is 2. The van der Waals surface area contributed by atoms with Gasteiger partial charge in [0.1, 0.15) is 5.56 Å². The van der Waals surface area contributed by atoms with E-state index in [4.69, 9.17) is 9.72 Å². The summed E-state index contributed by atoms with van der Waals surface area (Å²) >= 11 is 0. The molecule has 1 aromatic carbocycles. The Morgan fingerprint density at radius 2 is 1.88 bits per heavy atom. The van der Waals surface area contributed by atoms with Crippen molar-refractivity contribution in [2.75, 3.05) is 19.7 Å². The number of fused-ring (bicyclic) bond motifs is 1. The quantitative estimate of drug-likeness (QED) is 0.664. The zero-order valence-electron chi connectivity index (χ0n) is 18.8. The number of benzene rings is 1. The number of ether oxygens (including phenoxy) is 1. The second-order valence-electron chi connectivity index (χ2n) is 8.15. The molecule has 4 rings (SSSR count). The average Bonchev–Trinajstić information content (AvgIpc) is 3.22. The first-order valence-electron chi connectivity index (χ1n) is 11.1. The van der Waals surface area contributed by atoms with E-state index in [9.17, 15) is 9.59 Å². The average molecular weight is 436 g/mol. The molecule has 3 aromatic rings. The molecule has 1 saturated heterocycles. The molecule has 8 heteroatoms. The lowest BCUT2D eigenvalue weighted by molar-refractivity contribution is 0.0861. The van der Waals surface area contributed by atoms with Gasteiger partial charge in [-0.3, -0.25) is 4.79 Å². The van der Waals surface area contributed by atoms with E-state index in [1.807, 2.05) is 32.0 Å². The maximum Gasteiger partial charge on any atom is 0.409 e. The third kappa shape index (κ3) is 4.44. The summed E-state index contributed by atoms with van der Waals surface area (Å²) in [6.45, 7) is 7.28. The molecule has 1 aliphatic heterocycles. The molecule has 0 aliphatic carbocycles. The molecule has 0 bridgehead atoms. The molecular formula is C24H29N5O3. The van der Waals surface area contributed by atoms with Crippen molar-refractivity contribution in [3.05, 3.63) is 64.6 Å². The number of rotatable bonds is 5. The molecule has 2 amide bonds. The van der Waals surface area contributed by atoms with Crippen molar-refractivity contribution in [1.82, 2.24) is 24.8 Å². The van der Waals surface area contributed by atoms with Crippen molar-refractivity contribution in [3.63, 3.8) is 0 Å². The molecule has 0 atom stereocenters. The third-order valence-electron chi connectivity index (χ3n) is 6.03. The second-order valence-corrected chi connectivity index (χ2v) is 8.15. The smallest absolute Gasteiger partial charge is 0.409 e. The summed E-state index contributed by atoms with van der Waals surface area (Å²) in [7, 11) is 0. The number of aromatic nitrogens is 3. The minimum absolute atomic E-state index is 0.00248. The monoisotopic (exact) mass is 435 g/mol. The second kappa shape index (κ2) is 9.38. The Labute approximate surface area is 187 Å². The van der Waals surface area contributed by atoms with E-state index in [-0.39, 0.29) is 18.0 Å². The van der Waals surface area contributed by atoms with E-state index in [1.165, 1.54) is 5.56 Å². The summed E-state index contributed by atoms with van der Waals surface area (Å²) in [5, 5.41) is 7.54. The Hall–Kier alpha value is -3.42. The van der Waals surface area contributed by atoms with Crippen LogP contribution in [0.4, 0.5) is 4.79 Å². The van der Waals surface area contributed by atoms with Crippen LogP contribution in [0, 0.1) is 13.8 Å². The molecular weight excluding hydrogens is 406 g/mol. The summed E-state index contributed by atoms with van der Waals surface area (Å²) < 4.78 is 6.81. The molecule has 168 valence electrons. The number of nitrogens with one attached hydrogen (secondary N) is 1. The largest absolute Gasteiger partial charge is 0.450 e. The first kappa shape index (κ1) is 21.8. The van der Waals surface area contributed by atoms with Crippen molar-refractivity contribution in [3.8, 4) is 0 Å². The lowest BCUT2D eigenvalue weighted by Crippen LogP contribution is -2.46. The Morgan fingerprint density at radius 3 is 2.56 bits per heavy atom. The molecule has 0 saturated carbocycles. The van der Waals surface area contributed by atoms with Crippen LogP contribution in [0.1, 0.15) is 52.6 Å². The number of likely N-dealkylation sites (tertiary alicyclic amines) is 1. The van der Waals surface area contributed by atoms with Crippen molar-refractivity contribution >= 4 is 17.6 Å². The molecule has 32 heavy (non-hydrogen) atoms. The SMILES string of the molecule is CCOC(=O)N1CCC(NC(=O)c2cnn3c(C)c(Cc4ccccc4)c(C)nc23)CC1. The van der Waals surface area contributed by atoms with E-state index >= 15 is 0 Å². The first-order valence-corrected chi connectivity index (χ1v) is 11.1. The minimum atomic E-state index is -0.290. The topological polar surface area (TPSA) is 88.8 Å². The normalized spacial score (nSPS) is 14.5. The van der Waals surface area contributed by atoms with Gasteiger partial charge in [-0.05, 0) is 44.7 Å². The lowest BCUT2D eigenvalue weighted by Gasteiger charge is -2.31. The minimum Gasteiger partial charge on any atom is -0.450 e. The van der Waals surface area contributed by atoms with Crippen LogP contribution in [0.25, 0.3) is 5.65 Å². The van der Waals surface area contributed by atoms with E-state index in [1.54, 1.807) is 22.5 Å². The predicted octanol–water partition coefficient (Wildman–Crippen LogP) is 3.29. The Bertz CT molecular complexity index is 1120. The summed E-state index contributed by atoms with van der Waals surface area (Å²) in [4.78, 5) is 31.3. The van der Waals surface area contributed by atoms with E-state index in [2.05, 4.69) is 22.5 Å². The van der Waals surface area contributed by atoms with Crippen molar-refractivity contribution < 1.29 is 14.3 Å². The highest BCUT2D eigenvalue weighted by Gasteiger charge is 2.26. The Morgan fingerprint density at radius 1 is 1.16 bits per heavy atom. The van der Waals surface area contributed by atoms with Crippen LogP contribution in [0.2, 0.25) is 0 Å². The zero-order valence-corrected chi connectivity index (χ0v) is 18.8. The number of carbonyl (C=O) groups is 2. The fraction of sp³-hybridized carbons (Fsp3) is 0.417. The number of nitrogens with zero attached hydrogens (tertiary/aromatic N) is 4. The van der Waals surface area contributed by atoms with Gasteiger partial charge in [0.15, 0.2) is 5.65 Å². The molecule has 1 fully saturated rings. The molecule has 8 nitrogen and oxygen atoms in total. The molecule has 0 radical (unpaired) electrons. The number of hydrogen-bond donors (Lipinski definition) is 1. The van der Waals surface area contributed by atoms with Gasteiger partial charge >= 0.3 is 6.09 Å². The molecule has 0 unspecified atom stereocenters. The van der Waals surface area contributed by atoms with Crippen LogP contribution in [-0.4, -0.2) is 57.2 Å². The summed E-state index contributed by atoms with van der Waals surface area (Å²) in [5.41, 5.74) is 5.24. The van der Waals surface area contributed by atoms with Gasteiger partial charge < -0.3 is 15.0 Å². The van der Waals surface area contributed by atoms with Crippen molar-refractivity contribution in [2.45, 2.75) is 46.1 Å². The summed E-state index contributed by atoms with van der Waals surface area (Å²) in [6.07, 6.45) is 3.44. The molecule has 1 N–H and O–H groups in total. The number of piperidine rings is 1. The van der Waals surface area contributed by atoms with Gasteiger partial charge in [0.05, 0.1) is 12.8 Å².